The average molecular weight is 270 g/mol. The third-order valence-corrected chi connectivity index (χ3v) is 3.65. The molecule has 3 N–H and O–H groups in total. The molecular formula is C13H16ClNO3. The predicted molar refractivity (Wildman–Crippen MR) is 68.5 cm³/mol. The normalized spacial score (nSPS) is 23.4. The molecule has 0 radical (unpaired) electrons. The van der Waals surface area contributed by atoms with E-state index < -0.39 is 6.09 Å². The Morgan fingerprint density at radius 2 is 2.28 bits per heavy atom. The number of nitrogens with two attached hydrogens (primary N) is 1. The van der Waals surface area contributed by atoms with Crippen molar-refractivity contribution in [2.24, 2.45) is 11.7 Å². The van der Waals surface area contributed by atoms with Gasteiger partial charge in [-0.15, -0.1) is 0 Å². The Bertz CT molecular complexity index is 438. The number of amides is 1. The Balaban J connectivity index is 2.11. The highest BCUT2D eigenvalue weighted by molar-refractivity contribution is 6.31. The zero-order valence-corrected chi connectivity index (χ0v) is 10.6. The minimum absolute atomic E-state index is 0.0790. The molecule has 1 aliphatic carbocycles. The number of ether oxygens (including phenoxy) is 1. The number of aliphatic hydroxyl groups is 1. The maximum Gasteiger partial charge on any atom is 0.404 e. The van der Waals surface area contributed by atoms with Crippen molar-refractivity contribution in [3.05, 3.63) is 34.9 Å². The van der Waals surface area contributed by atoms with Gasteiger partial charge in [0, 0.05) is 17.5 Å². The van der Waals surface area contributed by atoms with E-state index in [1.165, 1.54) is 0 Å². The van der Waals surface area contributed by atoms with Crippen LogP contribution in [0, 0.1) is 5.92 Å². The van der Waals surface area contributed by atoms with Gasteiger partial charge < -0.3 is 15.6 Å². The standard InChI is InChI=1S/C13H16ClNO3/c14-11-4-2-1-3-9(11)8(5-6-16)10-7-12(10)18-13(15)17/h1-4,8,10,12,16H,5-7H2,(H2,15,17). The molecule has 3 unspecified atom stereocenters. The quantitative estimate of drug-likeness (QED) is 0.861. The van der Waals surface area contributed by atoms with Crippen LogP contribution in [0.2, 0.25) is 5.02 Å². The minimum atomic E-state index is -0.746. The molecule has 2 rings (SSSR count). The van der Waals surface area contributed by atoms with Gasteiger partial charge in [0.2, 0.25) is 0 Å². The molecule has 18 heavy (non-hydrogen) atoms. The van der Waals surface area contributed by atoms with E-state index in [9.17, 15) is 4.79 Å². The number of benzene rings is 1. The Hall–Kier alpha value is -1.26. The molecule has 0 aliphatic heterocycles. The number of aliphatic hydroxyl groups excluding tert-OH is 1. The number of primary amides is 1. The van der Waals surface area contributed by atoms with Crippen molar-refractivity contribution in [1.29, 1.82) is 0 Å². The lowest BCUT2D eigenvalue weighted by atomic mass is 9.91. The van der Waals surface area contributed by atoms with Gasteiger partial charge in [-0.1, -0.05) is 29.8 Å². The molecule has 5 heteroatoms. The largest absolute Gasteiger partial charge is 0.446 e. The summed E-state index contributed by atoms with van der Waals surface area (Å²) in [5, 5.41) is 9.84. The maximum atomic E-state index is 10.7. The fraction of sp³-hybridized carbons (Fsp3) is 0.462. The van der Waals surface area contributed by atoms with E-state index in [-0.39, 0.29) is 24.5 Å². The Kier molecular flexibility index (Phi) is 4.09. The van der Waals surface area contributed by atoms with Gasteiger partial charge in [0.05, 0.1) is 0 Å². The summed E-state index contributed by atoms with van der Waals surface area (Å²) in [5.74, 6) is 0.303. The van der Waals surface area contributed by atoms with Crippen molar-refractivity contribution >= 4 is 17.7 Å². The zero-order valence-electron chi connectivity index (χ0n) is 9.88. The van der Waals surface area contributed by atoms with Crippen LogP contribution in [0.3, 0.4) is 0 Å². The predicted octanol–water partition coefficient (Wildman–Crippen LogP) is 2.29. The molecule has 4 nitrogen and oxygen atoms in total. The highest BCUT2D eigenvalue weighted by atomic mass is 35.5. The first kappa shape index (κ1) is 13.2. The molecule has 98 valence electrons. The summed E-state index contributed by atoms with van der Waals surface area (Å²) in [6.45, 7) is 0.0790. The number of hydrogen-bond acceptors (Lipinski definition) is 3. The van der Waals surface area contributed by atoms with Crippen molar-refractivity contribution in [3.63, 3.8) is 0 Å². The lowest BCUT2D eigenvalue weighted by Gasteiger charge is -2.17. The third kappa shape index (κ3) is 2.94. The SMILES string of the molecule is NC(=O)OC1CC1C(CCO)c1ccccc1Cl. The number of halogens is 1. The van der Waals surface area contributed by atoms with Crippen molar-refractivity contribution < 1.29 is 14.6 Å². The second-order valence-corrected chi connectivity index (χ2v) is 4.92. The number of rotatable bonds is 5. The van der Waals surface area contributed by atoms with Gasteiger partial charge >= 0.3 is 6.09 Å². The molecule has 0 saturated heterocycles. The van der Waals surface area contributed by atoms with Crippen LogP contribution in [0.4, 0.5) is 4.79 Å². The van der Waals surface area contributed by atoms with Gasteiger partial charge in [-0.2, -0.15) is 0 Å². The van der Waals surface area contributed by atoms with Crippen molar-refractivity contribution in [1.82, 2.24) is 0 Å². The van der Waals surface area contributed by atoms with Gasteiger partial charge in [0.15, 0.2) is 0 Å². The highest BCUT2D eigenvalue weighted by Gasteiger charge is 2.46. The van der Waals surface area contributed by atoms with Crippen LogP contribution in [0.5, 0.6) is 0 Å². The Morgan fingerprint density at radius 3 is 2.89 bits per heavy atom. The van der Waals surface area contributed by atoms with E-state index >= 15 is 0 Å². The summed E-state index contributed by atoms with van der Waals surface area (Å²) in [5.41, 5.74) is 6.00. The summed E-state index contributed by atoms with van der Waals surface area (Å²) in [6.07, 6.45) is 0.492. The van der Waals surface area contributed by atoms with Crippen molar-refractivity contribution in [3.8, 4) is 0 Å². The second kappa shape index (κ2) is 5.59. The summed E-state index contributed by atoms with van der Waals surface area (Å²) in [6, 6.07) is 7.56. The first-order chi connectivity index (χ1) is 8.63. The molecule has 1 amide bonds. The van der Waals surface area contributed by atoms with E-state index in [0.29, 0.717) is 11.4 Å². The molecule has 0 aromatic heterocycles. The molecule has 0 spiro atoms. The van der Waals surface area contributed by atoms with Crippen LogP contribution in [0.15, 0.2) is 24.3 Å². The van der Waals surface area contributed by atoms with Crippen LogP contribution in [-0.2, 0) is 4.74 Å². The lowest BCUT2D eigenvalue weighted by Crippen LogP contribution is -2.17. The van der Waals surface area contributed by atoms with Crippen LogP contribution in [-0.4, -0.2) is 23.9 Å². The first-order valence-electron chi connectivity index (χ1n) is 5.95. The molecule has 1 aromatic carbocycles. The van der Waals surface area contributed by atoms with E-state index in [4.69, 9.17) is 27.2 Å². The summed E-state index contributed by atoms with van der Waals surface area (Å²) < 4.78 is 4.98. The Labute approximate surface area is 111 Å². The maximum absolute atomic E-state index is 10.7. The van der Waals surface area contributed by atoms with E-state index in [2.05, 4.69) is 0 Å². The zero-order chi connectivity index (χ0) is 13.1. The van der Waals surface area contributed by atoms with Crippen molar-refractivity contribution in [2.45, 2.75) is 24.9 Å². The molecular weight excluding hydrogens is 254 g/mol. The van der Waals surface area contributed by atoms with Gasteiger partial charge in [-0.05, 0) is 30.4 Å². The molecule has 1 aliphatic rings. The fourth-order valence-electron chi connectivity index (χ4n) is 2.41. The van der Waals surface area contributed by atoms with Gasteiger partial charge in [0.1, 0.15) is 6.10 Å². The monoisotopic (exact) mass is 269 g/mol. The molecule has 1 saturated carbocycles. The summed E-state index contributed by atoms with van der Waals surface area (Å²) in [4.78, 5) is 10.7. The highest BCUT2D eigenvalue weighted by Crippen LogP contribution is 2.48. The molecule has 3 atom stereocenters. The van der Waals surface area contributed by atoms with Crippen molar-refractivity contribution in [2.75, 3.05) is 6.61 Å². The van der Waals surface area contributed by atoms with Crippen LogP contribution in [0.25, 0.3) is 0 Å². The van der Waals surface area contributed by atoms with Crippen LogP contribution >= 0.6 is 11.6 Å². The van der Waals surface area contributed by atoms with Gasteiger partial charge in [-0.25, -0.2) is 4.79 Å². The van der Waals surface area contributed by atoms with E-state index in [1.54, 1.807) is 0 Å². The topological polar surface area (TPSA) is 72.6 Å². The smallest absolute Gasteiger partial charge is 0.404 e. The molecule has 0 heterocycles. The molecule has 0 bridgehead atoms. The number of hydrogen-bond donors (Lipinski definition) is 2. The summed E-state index contributed by atoms with van der Waals surface area (Å²) >= 11 is 6.17. The summed E-state index contributed by atoms with van der Waals surface area (Å²) in [7, 11) is 0. The number of carbonyl (C=O) groups is 1. The average Bonchev–Trinajstić information content (AvgIpc) is 3.05. The molecule has 1 aromatic rings. The van der Waals surface area contributed by atoms with E-state index in [1.807, 2.05) is 24.3 Å². The first-order valence-corrected chi connectivity index (χ1v) is 6.32. The minimum Gasteiger partial charge on any atom is -0.446 e. The Morgan fingerprint density at radius 1 is 1.56 bits per heavy atom. The van der Waals surface area contributed by atoms with E-state index in [0.717, 1.165) is 12.0 Å². The van der Waals surface area contributed by atoms with Crippen LogP contribution < -0.4 is 5.73 Å². The van der Waals surface area contributed by atoms with Gasteiger partial charge in [-0.3, -0.25) is 0 Å². The lowest BCUT2D eigenvalue weighted by molar-refractivity contribution is 0.140. The fourth-order valence-corrected chi connectivity index (χ4v) is 2.69. The number of carbonyl (C=O) groups excluding carboxylic acids is 1. The second-order valence-electron chi connectivity index (χ2n) is 4.52. The third-order valence-electron chi connectivity index (χ3n) is 3.31. The van der Waals surface area contributed by atoms with Gasteiger partial charge in [0.25, 0.3) is 0 Å². The van der Waals surface area contributed by atoms with Crippen LogP contribution in [0.1, 0.15) is 24.3 Å². The molecule has 1 fully saturated rings.